The van der Waals surface area contributed by atoms with Crippen LogP contribution in [0.3, 0.4) is 0 Å². The number of hydrogen-bond acceptors (Lipinski definition) is 0. The molecule has 0 amide bonds. The van der Waals surface area contributed by atoms with Gasteiger partial charge in [0.25, 0.3) is 5.92 Å². The monoisotopic (exact) mass is 470 g/mol. The molecule has 0 bridgehead atoms. The number of rotatable bonds is 3. The Labute approximate surface area is 132 Å². The van der Waals surface area contributed by atoms with Crippen molar-refractivity contribution in [3.05, 3.63) is 66.8 Å². The van der Waals surface area contributed by atoms with E-state index in [1.165, 1.54) is 12.1 Å². The highest BCUT2D eigenvalue weighted by atomic mass is 127. The van der Waals surface area contributed by atoms with E-state index in [9.17, 15) is 8.78 Å². The average Bonchev–Trinajstić information content (AvgIpc) is 2.32. The first-order valence-corrected chi connectivity index (χ1v) is 7.51. The van der Waals surface area contributed by atoms with Crippen LogP contribution in [-0.4, -0.2) is 0 Å². The molecule has 94 valence electrons. The Bertz CT molecular complexity index is 518. The molecule has 0 nitrogen and oxygen atoms in total. The van der Waals surface area contributed by atoms with E-state index in [1.54, 1.807) is 24.3 Å². The quantitative estimate of drug-likeness (QED) is 0.540. The molecule has 0 aliphatic carbocycles. The Morgan fingerprint density at radius 3 is 1.72 bits per heavy atom. The number of hydrogen-bond donors (Lipinski definition) is 0. The third-order valence-electron chi connectivity index (χ3n) is 2.61. The molecule has 2 aromatic rings. The highest BCUT2D eigenvalue weighted by Crippen LogP contribution is 2.32. The molecule has 2 rings (SSSR count). The molecule has 0 aliphatic rings. The molecule has 2 aromatic carbocycles. The zero-order chi connectivity index (χ0) is 13.2. The highest BCUT2D eigenvalue weighted by molar-refractivity contribution is 14.1. The fourth-order valence-corrected chi connectivity index (χ4v) is 2.37. The third-order valence-corrected chi connectivity index (χ3v) is 4.04. The predicted octanol–water partition coefficient (Wildman–Crippen LogP) is 5.23. The Balaban J connectivity index is 2.20. The van der Waals surface area contributed by atoms with Gasteiger partial charge in [-0.2, -0.15) is 0 Å². The Kier molecular flexibility index (Phi) is 4.58. The molecule has 0 atom stereocenters. The molecule has 18 heavy (non-hydrogen) atoms. The van der Waals surface area contributed by atoms with Crippen molar-refractivity contribution < 1.29 is 8.78 Å². The van der Waals surface area contributed by atoms with Crippen molar-refractivity contribution >= 4 is 45.2 Å². The Morgan fingerprint density at radius 1 is 0.778 bits per heavy atom. The number of halogens is 4. The third kappa shape index (κ3) is 3.63. The molecule has 0 fully saturated rings. The normalized spacial score (nSPS) is 11.6. The lowest BCUT2D eigenvalue weighted by Crippen LogP contribution is -2.16. The van der Waals surface area contributed by atoms with Gasteiger partial charge in [-0.15, -0.1) is 0 Å². The fourth-order valence-electron chi connectivity index (χ4n) is 1.65. The lowest BCUT2D eigenvalue weighted by Gasteiger charge is -2.17. The van der Waals surface area contributed by atoms with Gasteiger partial charge < -0.3 is 0 Å². The van der Waals surface area contributed by atoms with E-state index in [-0.39, 0.29) is 12.0 Å². The lowest BCUT2D eigenvalue weighted by molar-refractivity contribution is -0.00383. The summed E-state index contributed by atoms with van der Waals surface area (Å²) in [5, 5.41) is 0. The van der Waals surface area contributed by atoms with E-state index >= 15 is 0 Å². The molecule has 0 saturated carbocycles. The zero-order valence-electron chi connectivity index (χ0n) is 9.34. The summed E-state index contributed by atoms with van der Waals surface area (Å²) in [4.78, 5) is 0. The van der Waals surface area contributed by atoms with Crippen molar-refractivity contribution in [1.29, 1.82) is 0 Å². The van der Waals surface area contributed by atoms with E-state index in [2.05, 4.69) is 45.2 Å². The van der Waals surface area contributed by atoms with Crippen molar-refractivity contribution in [2.45, 2.75) is 12.3 Å². The van der Waals surface area contributed by atoms with Crippen LogP contribution in [0.4, 0.5) is 8.78 Å². The molecule has 0 N–H and O–H groups in total. The van der Waals surface area contributed by atoms with E-state index < -0.39 is 5.92 Å². The summed E-state index contributed by atoms with van der Waals surface area (Å²) in [6.07, 6.45) is -0.259. The van der Waals surface area contributed by atoms with Gasteiger partial charge in [0.05, 0.1) is 0 Å². The smallest absolute Gasteiger partial charge is 0.201 e. The first-order valence-electron chi connectivity index (χ1n) is 5.36. The molecular weight excluding hydrogens is 460 g/mol. The topological polar surface area (TPSA) is 0 Å². The molecule has 0 unspecified atom stereocenters. The minimum absolute atomic E-state index is 0.0708. The summed E-state index contributed by atoms with van der Waals surface area (Å²) in [6, 6.07) is 13.6. The van der Waals surface area contributed by atoms with Crippen LogP contribution in [-0.2, 0) is 12.3 Å². The fraction of sp³-hybridized carbons (Fsp3) is 0.143. The average molecular weight is 470 g/mol. The van der Waals surface area contributed by atoms with Crippen molar-refractivity contribution in [3.63, 3.8) is 0 Å². The first kappa shape index (κ1) is 14.2. The van der Waals surface area contributed by atoms with Crippen LogP contribution in [0.25, 0.3) is 0 Å². The van der Waals surface area contributed by atoms with Gasteiger partial charge in [0.2, 0.25) is 0 Å². The second-order valence-electron chi connectivity index (χ2n) is 4.01. The van der Waals surface area contributed by atoms with Crippen LogP contribution in [0.1, 0.15) is 11.1 Å². The second kappa shape index (κ2) is 5.81. The van der Waals surface area contributed by atoms with Gasteiger partial charge in [-0.1, -0.05) is 24.3 Å². The van der Waals surface area contributed by atoms with Gasteiger partial charge in [0.1, 0.15) is 0 Å². The van der Waals surface area contributed by atoms with Gasteiger partial charge in [-0.25, -0.2) is 8.78 Å². The van der Waals surface area contributed by atoms with Gasteiger partial charge in [0.15, 0.2) is 0 Å². The Morgan fingerprint density at radius 2 is 1.22 bits per heavy atom. The maximum Gasteiger partial charge on any atom is 0.277 e. The van der Waals surface area contributed by atoms with Crippen LogP contribution in [0.5, 0.6) is 0 Å². The van der Waals surface area contributed by atoms with Gasteiger partial charge >= 0.3 is 0 Å². The van der Waals surface area contributed by atoms with Crippen molar-refractivity contribution in [2.75, 3.05) is 0 Å². The van der Waals surface area contributed by atoms with E-state index in [1.807, 2.05) is 12.1 Å². The second-order valence-corrected chi connectivity index (χ2v) is 6.51. The van der Waals surface area contributed by atoms with E-state index in [0.717, 1.165) is 7.14 Å². The standard InChI is InChI=1S/C14H10F2I2/c15-14(16,11-3-7-13(18)8-4-11)9-10-1-5-12(17)6-2-10/h1-8H,9H2. The Hall–Kier alpha value is -0.240. The van der Waals surface area contributed by atoms with Crippen molar-refractivity contribution in [1.82, 2.24) is 0 Å². The van der Waals surface area contributed by atoms with E-state index in [4.69, 9.17) is 0 Å². The van der Waals surface area contributed by atoms with Crippen LogP contribution in [0.2, 0.25) is 0 Å². The van der Waals surface area contributed by atoms with Crippen molar-refractivity contribution in [2.24, 2.45) is 0 Å². The molecule has 0 heterocycles. The molecule has 0 radical (unpaired) electrons. The van der Waals surface area contributed by atoms with Gasteiger partial charge in [0, 0.05) is 19.1 Å². The largest absolute Gasteiger partial charge is 0.277 e. The van der Waals surface area contributed by atoms with Crippen molar-refractivity contribution in [3.8, 4) is 0 Å². The van der Waals surface area contributed by atoms with Crippen LogP contribution < -0.4 is 0 Å². The van der Waals surface area contributed by atoms with Crippen LogP contribution in [0.15, 0.2) is 48.5 Å². The minimum Gasteiger partial charge on any atom is -0.201 e. The highest BCUT2D eigenvalue weighted by Gasteiger charge is 2.31. The predicted molar refractivity (Wildman–Crippen MR) is 85.9 cm³/mol. The summed E-state index contributed by atoms with van der Waals surface area (Å²) in [5.41, 5.74) is 0.723. The molecule has 0 aliphatic heterocycles. The molecule has 0 spiro atoms. The first-order chi connectivity index (χ1) is 8.47. The van der Waals surface area contributed by atoms with Gasteiger partial charge in [-0.05, 0) is 75.0 Å². The molecule has 0 saturated heterocycles. The summed E-state index contributed by atoms with van der Waals surface area (Å²) in [6.45, 7) is 0. The summed E-state index contributed by atoms with van der Waals surface area (Å²) >= 11 is 4.27. The number of benzene rings is 2. The maximum atomic E-state index is 14.1. The molecule has 4 heteroatoms. The van der Waals surface area contributed by atoms with Crippen LogP contribution >= 0.6 is 45.2 Å². The molecular formula is C14H10F2I2. The van der Waals surface area contributed by atoms with E-state index in [0.29, 0.717) is 5.56 Å². The van der Waals surface area contributed by atoms with Gasteiger partial charge in [-0.3, -0.25) is 0 Å². The maximum absolute atomic E-state index is 14.1. The number of alkyl halides is 2. The molecule has 0 aromatic heterocycles. The summed E-state index contributed by atoms with van der Waals surface area (Å²) in [7, 11) is 0. The SMILES string of the molecule is FC(F)(Cc1ccc(I)cc1)c1ccc(I)cc1. The van der Waals surface area contributed by atoms with Crippen LogP contribution in [0, 0.1) is 7.14 Å². The summed E-state index contributed by atoms with van der Waals surface area (Å²) in [5.74, 6) is -2.82. The lowest BCUT2D eigenvalue weighted by atomic mass is 10.0. The summed E-state index contributed by atoms with van der Waals surface area (Å²) < 4.78 is 30.1. The minimum atomic E-state index is -2.82. The zero-order valence-corrected chi connectivity index (χ0v) is 13.7.